The lowest BCUT2D eigenvalue weighted by atomic mass is 10.2. The first-order chi connectivity index (χ1) is 16.9. The van der Waals surface area contributed by atoms with Crippen LogP contribution in [0.2, 0.25) is 10.0 Å². The fourth-order valence-corrected chi connectivity index (χ4v) is 3.42. The van der Waals surface area contributed by atoms with Crippen LogP contribution in [0.5, 0.6) is 11.5 Å². The number of esters is 2. The predicted molar refractivity (Wildman–Crippen MR) is 133 cm³/mol. The van der Waals surface area contributed by atoms with Crippen LogP contribution in [-0.2, 0) is 19.1 Å². The van der Waals surface area contributed by atoms with E-state index in [0.717, 1.165) is 10.8 Å². The topological polar surface area (TPSA) is 96.8 Å². The Hall–Kier alpha value is -3.62. The minimum Gasteiger partial charge on any atom is -0.480 e. The molecule has 0 bridgehead atoms. The Morgan fingerprint density at radius 3 is 1.71 bits per heavy atom. The quantitative estimate of drug-likeness (QED) is 0.306. The number of rotatable bonds is 7. The zero-order valence-corrected chi connectivity index (χ0v) is 20.5. The van der Waals surface area contributed by atoms with Crippen LogP contribution in [0, 0.1) is 0 Å². The summed E-state index contributed by atoms with van der Waals surface area (Å²) in [6, 6.07) is 14.1. The number of nitrogens with zero attached hydrogens (tertiary/aromatic N) is 2. The highest BCUT2D eigenvalue weighted by Crippen LogP contribution is 2.30. The number of halogens is 2. The molecule has 0 N–H and O–H groups in total. The molecule has 0 spiro atoms. The van der Waals surface area contributed by atoms with E-state index in [0.29, 0.717) is 39.2 Å². The van der Waals surface area contributed by atoms with Gasteiger partial charge >= 0.3 is 11.9 Å². The van der Waals surface area contributed by atoms with Crippen LogP contribution in [0.3, 0.4) is 0 Å². The molecule has 0 amide bonds. The number of ether oxygens (including phenoxy) is 4. The van der Waals surface area contributed by atoms with Crippen molar-refractivity contribution in [3.05, 3.63) is 71.0 Å². The fourth-order valence-electron chi connectivity index (χ4n) is 2.99. The lowest BCUT2D eigenvalue weighted by Crippen LogP contribution is -2.14. The van der Waals surface area contributed by atoms with Crippen LogP contribution in [0.1, 0.15) is 6.92 Å². The Balaban J connectivity index is 0.000000196. The van der Waals surface area contributed by atoms with Gasteiger partial charge < -0.3 is 18.9 Å². The van der Waals surface area contributed by atoms with E-state index < -0.39 is 11.9 Å². The minimum absolute atomic E-state index is 0.138. The Morgan fingerprint density at radius 2 is 1.26 bits per heavy atom. The van der Waals surface area contributed by atoms with Crippen molar-refractivity contribution in [1.29, 1.82) is 0 Å². The number of pyridine rings is 2. The van der Waals surface area contributed by atoms with Gasteiger partial charge in [-0.25, -0.2) is 9.59 Å². The molecule has 0 atom stereocenters. The van der Waals surface area contributed by atoms with E-state index in [1.54, 1.807) is 55.7 Å². The second-order valence-electron chi connectivity index (χ2n) is 6.85. The zero-order chi connectivity index (χ0) is 25.2. The molecule has 0 aliphatic rings. The largest absolute Gasteiger partial charge is 0.480 e. The van der Waals surface area contributed by atoms with Gasteiger partial charge in [0.1, 0.15) is 22.5 Å². The third-order valence-corrected chi connectivity index (χ3v) is 5.24. The normalized spacial score (nSPS) is 10.3. The molecule has 0 radical (unpaired) electrons. The van der Waals surface area contributed by atoms with Gasteiger partial charge in [0, 0.05) is 23.2 Å². The first-order valence-corrected chi connectivity index (χ1v) is 11.2. The number of hydrogen-bond donors (Lipinski definition) is 0. The van der Waals surface area contributed by atoms with Gasteiger partial charge in [0.05, 0.1) is 23.8 Å². The average Bonchev–Trinajstić information content (AvgIpc) is 2.88. The maximum absolute atomic E-state index is 11.2. The Labute approximate surface area is 211 Å². The zero-order valence-electron chi connectivity index (χ0n) is 19.0. The number of aromatic nitrogens is 2. The van der Waals surface area contributed by atoms with Gasteiger partial charge in [-0.05, 0) is 55.5 Å². The molecule has 2 aromatic heterocycles. The molecule has 35 heavy (non-hydrogen) atoms. The van der Waals surface area contributed by atoms with Crippen LogP contribution in [0.4, 0.5) is 0 Å². The third-order valence-electron chi connectivity index (χ3n) is 4.58. The van der Waals surface area contributed by atoms with Crippen LogP contribution >= 0.6 is 23.2 Å². The molecule has 4 rings (SSSR count). The SMILES string of the molecule is CCOC(=O)COc1ccc(Cl)c2cccnc12.COC(=O)COc1ccc(Cl)c2cccnc12. The lowest BCUT2D eigenvalue weighted by molar-refractivity contribution is -0.145. The summed E-state index contributed by atoms with van der Waals surface area (Å²) in [6.07, 6.45) is 3.29. The second-order valence-corrected chi connectivity index (χ2v) is 7.66. The molecule has 0 saturated carbocycles. The van der Waals surface area contributed by atoms with Gasteiger partial charge in [0.2, 0.25) is 0 Å². The first kappa shape index (κ1) is 26.0. The maximum atomic E-state index is 11.2. The highest BCUT2D eigenvalue weighted by molar-refractivity contribution is 6.36. The molecular formula is C25H22Cl2N2O6. The molecule has 2 aromatic carbocycles. The number of carbonyl (C=O) groups excluding carboxylic acids is 2. The Bertz CT molecular complexity index is 1330. The van der Waals surface area contributed by atoms with Crippen LogP contribution in [0.15, 0.2) is 60.9 Å². The number of methoxy groups -OCH3 is 1. The fraction of sp³-hybridized carbons (Fsp3) is 0.200. The van der Waals surface area contributed by atoms with Gasteiger partial charge in [0.15, 0.2) is 13.2 Å². The summed E-state index contributed by atoms with van der Waals surface area (Å²) < 4.78 is 20.0. The summed E-state index contributed by atoms with van der Waals surface area (Å²) in [7, 11) is 1.31. The van der Waals surface area contributed by atoms with Gasteiger partial charge in [-0.2, -0.15) is 0 Å². The smallest absolute Gasteiger partial charge is 0.344 e. The summed E-state index contributed by atoms with van der Waals surface area (Å²) in [4.78, 5) is 30.6. The van der Waals surface area contributed by atoms with Gasteiger partial charge in [-0.3, -0.25) is 9.97 Å². The molecule has 0 aliphatic carbocycles. The molecule has 0 fully saturated rings. The minimum atomic E-state index is -0.441. The highest BCUT2D eigenvalue weighted by Gasteiger charge is 2.10. The maximum Gasteiger partial charge on any atom is 0.344 e. The van der Waals surface area contributed by atoms with E-state index in [2.05, 4.69) is 14.7 Å². The lowest BCUT2D eigenvalue weighted by Gasteiger charge is -2.08. The van der Waals surface area contributed by atoms with Gasteiger partial charge in [-0.1, -0.05) is 23.2 Å². The third kappa shape index (κ3) is 6.94. The van der Waals surface area contributed by atoms with Crippen molar-refractivity contribution in [2.75, 3.05) is 26.9 Å². The monoisotopic (exact) mass is 516 g/mol. The van der Waals surface area contributed by atoms with Crippen LogP contribution < -0.4 is 9.47 Å². The second kappa shape index (κ2) is 12.7. The van der Waals surface area contributed by atoms with Gasteiger partial charge in [-0.15, -0.1) is 0 Å². The van der Waals surface area contributed by atoms with E-state index in [1.807, 2.05) is 12.1 Å². The predicted octanol–water partition coefficient (Wildman–Crippen LogP) is 5.27. The number of carbonyl (C=O) groups is 2. The van der Waals surface area contributed by atoms with Gasteiger partial charge in [0.25, 0.3) is 0 Å². The standard InChI is InChI=1S/C13H12ClNO3.C12H10ClNO3/c1-2-17-12(16)8-18-11-6-5-10(14)9-4-3-7-15-13(9)11;1-16-11(15)7-17-10-5-4-9(13)8-3-2-6-14-12(8)10/h3-7H,2,8H2,1H3;2-6H,7H2,1H3. The van der Waals surface area contributed by atoms with Crippen molar-refractivity contribution in [2.24, 2.45) is 0 Å². The summed E-state index contributed by atoms with van der Waals surface area (Å²) in [5.41, 5.74) is 1.26. The number of fused-ring (bicyclic) bond motifs is 2. The van der Waals surface area contributed by atoms with E-state index in [-0.39, 0.29) is 13.2 Å². The Kier molecular flexibility index (Phi) is 9.46. The molecule has 2 heterocycles. The van der Waals surface area contributed by atoms with E-state index >= 15 is 0 Å². The summed E-state index contributed by atoms with van der Waals surface area (Å²) in [5.74, 6) is 0.180. The molecule has 182 valence electrons. The molecule has 8 nitrogen and oxygen atoms in total. The highest BCUT2D eigenvalue weighted by atomic mass is 35.5. The first-order valence-electron chi connectivity index (χ1n) is 10.5. The van der Waals surface area contributed by atoms with E-state index in [4.69, 9.17) is 37.4 Å². The average molecular weight is 517 g/mol. The van der Waals surface area contributed by atoms with Crippen LogP contribution in [0.25, 0.3) is 21.8 Å². The number of hydrogen-bond acceptors (Lipinski definition) is 8. The molecular weight excluding hydrogens is 495 g/mol. The summed E-state index contributed by atoms with van der Waals surface area (Å²) >= 11 is 12.1. The van der Waals surface area contributed by atoms with Crippen LogP contribution in [-0.4, -0.2) is 48.8 Å². The molecule has 10 heteroatoms. The van der Waals surface area contributed by atoms with Crippen molar-refractivity contribution in [1.82, 2.24) is 9.97 Å². The van der Waals surface area contributed by atoms with E-state index in [1.165, 1.54) is 7.11 Å². The van der Waals surface area contributed by atoms with Crippen molar-refractivity contribution in [2.45, 2.75) is 6.92 Å². The molecule has 4 aromatic rings. The molecule has 0 saturated heterocycles. The van der Waals surface area contributed by atoms with Crippen molar-refractivity contribution >= 4 is 56.9 Å². The summed E-state index contributed by atoms with van der Waals surface area (Å²) in [5, 5.41) is 2.78. The van der Waals surface area contributed by atoms with Crippen molar-refractivity contribution < 1.29 is 28.5 Å². The number of benzene rings is 2. The van der Waals surface area contributed by atoms with Crippen molar-refractivity contribution in [3.8, 4) is 11.5 Å². The Morgan fingerprint density at radius 1 is 0.771 bits per heavy atom. The molecule has 0 aliphatic heterocycles. The van der Waals surface area contributed by atoms with Crippen molar-refractivity contribution in [3.63, 3.8) is 0 Å². The van der Waals surface area contributed by atoms with E-state index in [9.17, 15) is 9.59 Å². The molecule has 0 unspecified atom stereocenters. The summed E-state index contributed by atoms with van der Waals surface area (Å²) in [6.45, 7) is 1.80.